The van der Waals surface area contributed by atoms with Crippen LogP contribution in [0.15, 0.2) is 18.2 Å². The van der Waals surface area contributed by atoms with Crippen molar-refractivity contribution in [3.63, 3.8) is 0 Å². The molecule has 1 aromatic rings. The molecule has 2 rings (SSSR count). The molecule has 1 fully saturated rings. The molecular formula is C14H20ClFN2O2. The lowest BCUT2D eigenvalue weighted by Gasteiger charge is -2.14. The summed E-state index contributed by atoms with van der Waals surface area (Å²) in [7, 11) is 0. The van der Waals surface area contributed by atoms with Crippen molar-refractivity contribution in [3.05, 3.63) is 24.0 Å². The molecule has 1 amide bonds. The van der Waals surface area contributed by atoms with Gasteiger partial charge in [-0.1, -0.05) is 0 Å². The summed E-state index contributed by atoms with van der Waals surface area (Å²) in [6.45, 7) is 0.275. The molecule has 0 heterocycles. The van der Waals surface area contributed by atoms with Gasteiger partial charge in [-0.25, -0.2) is 4.39 Å². The van der Waals surface area contributed by atoms with E-state index in [2.05, 4.69) is 5.32 Å². The maximum atomic E-state index is 13.8. The number of hydrogen-bond donors (Lipinski definition) is 2. The largest absolute Gasteiger partial charge is 0.487 e. The van der Waals surface area contributed by atoms with Crippen molar-refractivity contribution in [2.75, 3.05) is 11.9 Å². The monoisotopic (exact) mass is 302 g/mol. The smallest absolute Gasteiger partial charge is 0.225 e. The number of rotatable bonds is 5. The zero-order valence-corrected chi connectivity index (χ0v) is 12.0. The molecule has 0 bridgehead atoms. The average Bonchev–Trinajstić information content (AvgIpc) is 2.86. The third-order valence-corrected chi connectivity index (χ3v) is 3.18. The Bertz CT molecular complexity index is 451. The van der Waals surface area contributed by atoms with Crippen LogP contribution in [0.25, 0.3) is 0 Å². The van der Waals surface area contributed by atoms with E-state index in [1.54, 1.807) is 12.1 Å². The molecule has 0 atom stereocenters. The van der Waals surface area contributed by atoms with Gasteiger partial charge in [0.2, 0.25) is 5.91 Å². The van der Waals surface area contributed by atoms with Crippen LogP contribution in [0.1, 0.15) is 32.1 Å². The number of carbonyl (C=O) groups is 1. The fraction of sp³-hybridized carbons (Fsp3) is 0.500. The van der Waals surface area contributed by atoms with Crippen LogP contribution in [0.4, 0.5) is 10.1 Å². The van der Waals surface area contributed by atoms with Gasteiger partial charge >= 0.3 is 0 Å². The Kier molecular flexibility index (Phi) is 6.75. The van der Waals surface area contributed by atoms with Crippen LogP contribution in [-0.2, 0) is 4.79 Å². The molecule has 0 saturated heterocycles. The van der Waals surface area contributed by atoms with Gasteiger partial charge < -0.3 is 15.8 Å². The summed E-state index contributed by atoms with van der Waals surface area (Å²) in [6.07, 6.45) is 4.58. The van der Waals surface area contributed by atoms with Crippen LogP contribution in [0.5, 0.6) is 5.75 Å². The molecule has 112 valence electrons. The second-order valence-corrected chi connectivity index (χ2v) is 4.76. The Morgan fingerprint density at radius 3 is 2.70 bits per heavy atom. The van der Waals surface area contributed by atoms with Crippen LogP contribution in [0.3, 0.4) is 0 Å². The molecule has 1 saturated carbocycles. The van der Waals surface area contributed by atoms with Gasteiger partial charge in [-0.15, -0.1) is 12.4 Å². The van der Waals surface area contributed by atoms with Gasteiger partial charge in [-0.3, -0.25) is 4.79 Å². The Hall–Kier alpha value is -1.33. The molecule has 0 radical (unpaired) electrons. The van der Waals surface area contributed by atoms with Crippen LogP contribution < -0.4 is 15.8 Å². The predicted octanol–water partition coefficient (Wildman–Crippen LogP) is 2.86. The van der Waals surface area contributed by atoms with E-state index in [-0.39, 0.29) is 43.1 Å². The van der Waals surface area contributed by atoms with Gasteiger partial charge in [0.25, 0.3) is 0 Å². The highest BCUT2D eigenvalue weighted by Crippen LogP contribution is 2.27. The zero-order chi connectivity index (χ0) is 13.7. The lowest BCUT2D eigenvalue weighted by atomic mass is 10.2. The first kappa shape index (κ1) is 16.7. The first-order valence-electron chi connectivity index (χ1n) is 6.65. The number of ether oxygens (including phenoxy) is 1. The van der Waals surface area contributed by atoms with E-state index in [0.29, 0.717) is 5.69 Å². The Morgan fingerprint density at radius 1 is 1.40 bits per heavy atom. The number of hydrogen-bond acceptors (Lipinski definition) is 3. The van der Waals surface area contributed by atoms with Crippen LogP contribution >= 0.6 is 12.4 Å². The molecular weight excluding hydrogens is 283 g/mol. The topological polar surface area (TPSA) is 64.4 Å². The summed E-state index contributed by atoms with van der Waals surface area (Å²) in [4.78, 5) is 11.3. The zero-order valence-electron chi connectivity index (χ0n) is 11.2. The molecule has 6 heteroatoms. The minimum atomic E-state index is -0.447. The second-order valence-electron chi connectivity index (χ2n) is 4.76. The number of carbonyl (C=O) groups excluding carboxylic acids is 1. The van der Waals surface area contributed by atoms with Crippen molar-refractivity contribution in [1.82, 2.24) is 0 Å². The van der Waals surface area contributed by atoms with Crippen molar-refractivity contribution >= 4 is 24.0 Å². The summed E-state index contributed by atoms with van der Waals surface area (Å²) < 4.78 is 19.4. The molecule has 1 aliphatic carbocycles. The number of amides is 1. The highest BCUT2D eigenvalue weighted by atomic mass is 35.5. The van der Waals surface area contributed by atoms with Gasteiger partial charge in [-0.05, 0) is 37.8 Å². The Morgan fingerprint density at radius 2 is 2.10 bits per heavy atom. The number of halogens is 2. The van der Waals surface area contributed by atoms with Gasteiger partial charge in [-0.2, -0.15) is 0 Å². The van der Waals surface area contributed by atoms with E-state index in [9.17, 15) is 9.18 Å². The normalized spacial score (nSPS) is 14.7. The van der Waals surface area contributed by atoms with Crippen molar-refractivity contribution in [2.24, 2.45) is 5.73 Å². The number of nitrogens with one attached hydrogen (secondary N) is 1. The van der Waals surface area contributed by atoms with E-state index in [1.165, 1.54) is 6.07 Å². The predicted molar refractivity (Wildman–Crippen MR) is 78.8 cm³/mol. The van der Waals surface area contributed by atoms with Crippen molar-refractivity contribution in [1.29, 1.82) is 0 Å². The summed E-state index contributed by atoms with van der Waals surface area (Å²) >= 11 is 0. The van der Waals surface area contributed by atoms with E-state index in [1.807, 2.05) is 0 Å². The van der Waals surface area contributed by atoms with Crippen molar-refractivity contribution < 1.29 is 13.9 Å². The summed E-state index contributed by atoms with van der Waals surface area (Å²) in [5, 5.41) is 2.59. The van der Waals surface area contributed by atoms with E-state index >= 15 is 0 Å². The molecule has 0 aliphatic heterocycles. The molecule has 0 aromatic heterocycles. The summed E-state index contributed by atoms with van der Waals surface area (Å²) in [5.41, 5.74) is 5.70. The van der Waals surface area contributed by atoms with Gasteiger partial charge in [0.15, 0.2) is 11.6 Å². The lowest BCUT2D eigenvalue weighted by Crippen LogP contribution is -2.16. The number of nitrogens with two attached hydrogens (primary N) is 1. The average molecular weight is 303 g/mol. The molecule has 1 aliphatic rings. The van der Waals surface area contributed by atoms with E-state index in [0.717, 1.165) is 25.7 Å². The molecule has 4 nitrogen and oxygen atoms in total. The third-order valence-electron chi connectivity index (χ3n) is 3.18. The Labute approximate surface area is 124 Å². The van der Waals surface area contributed by atoms with Crippen molar-refractivity contribution in [2.45, 2.75) is 38.2 Å². The Balaban J connectivity index is 0.00000200. The van der Waals surface area contributed by atoms with Crippen molar-refractivity contribution in [3.8, 4) is 5.75 Å². The van der Waals surface area contributed by atoms with E-state index in [4.69, 9.17) is 10.5 Å². The minimum Gasteiger partial charge on any atom is -0.487 e. The van der Waals surface area contributed by atoms with Crippen LogP contribution in [-0.4, -0.2) is 18.6 Å². The molecule has 20 heavy (non-hydrogen) atoms. The fourth-order valence-corrected chi connectivity index (χ4v) is 2.21. The lowest BCUT2D eigenvalue weighted by molar-refractivity contribution is -0.116. The summed E-state index contributed by atoms with van der Waals surface area (Å²) in [5.74, 6) is -0.410. The highest BCUT2D eigenvalue weighted by Gasteiger charge is 2.18. The first-order valence-corrected chi connectivity index (χ1v) is 6.65. The molecule has 0 spiro atoms. The van der Waals surface area contributed by atoms with Crippen LogP contribution in [0, 0.1) is 5.82 Å². The minimum absolute atomic E-state index is 0. The third kappa shape index (κ3) is 4.65. The second kappa shape index (κ2) is 8.07. The highest BCUT2D eigenvalue weighted by molar-refractivity contribution is 5.90. The van der Waals surface area contributed by atoms with Gasteiger partial charge in [0.1, 0.15) is 0 Å². The summed E-state index contributed by atoms with van der Waals surface area (Å²) in [6, 6.07) is 4.48. The molecule has 3 N–H and O–H groups in total. The van der Waals surface area contributed by atoms with Crippen LogP contribution in [0.2, 0.25) is 0 Å². The number of anilines is 1. The van der Waals surface area contributed by atoms with Gasteiger partial charge in [0.05, 0.1) is 6.10 Å². The fourth-order valence-electron chi connectivity index (χ4n) is 2.21. The van der Waals surface area contributed by atoms with Gasteiger partial charge in [0, 0.05) is 24.7 Å². The molecule has 1 aromatic carbocycles. The maximum absolute atomic E-state index is 13.8. The molecule has 0 unspecified atom stereocenters. The standard InChI is InChI=1S/C14H19FN2O2.ClH/c15-12-9-10(17-14(18)7-8-16)5-6-13(12)19-11-3-1-2-4-11;/h5-6,9,11H,1-4,7-8,16H2,(H,17,18);1H. The van der Waals surface area contributed by atoms with E-state index < -0.39 is 5.82 Å². The number of benzene rings is 1. The first-order chi connectivity index (χ1) is 9.19. The SMILES string of the molecule is Cl.NCCC(=O)Nc1ccc(OC2CCCC2)c(F)c1. The maximum Gasteiger partial charge on any atom is 0.225 e. The quantitative estimate of drug-likeness (QED) is 0.879.